The Hall–Kier alpha value is -1.39. The maximum atomic E-state index is 12.0. The lowest BCUT2D eigenvalue weighted by Gasteiger charge is -2.15. The predicted octanol–water partition coefficient (Wildman–Crippen LogP) is 1.11. The van der Waals surface area contributed by atoms with Crippen LogP contribution in [0.5, 0.6) is 5.75 Å². The molecule has 0 unspecified atom stereocenters. The van der Waals surface area contributed by atoms with Crippen molar-refractivity contribution in [2.75, 3.05) is 33.9 Å². The molecule has 0 saturated heterocycles. The molecule has 1 N–H and O–H groups in total. The summed E-state index contributed by atoms with van der Waals surface area (Å²) in [5, 5.41) is 8.78. The van der Waals surface area contributed by atoms with Crippen LogP contribution >= 0.6 is 0 Å². The summed E-state index contributed by atoms with van der Waals surface area (Å²) in [6.45, 7) is 2.77. The molecule has 17 heavy (non-hydrogen) atoms. The molecular weight excluding hydrogens is 218 g/mol. The fraction of sp³-hybridized carbons (Fsp3) is 0.462. The van der Waals surface area contributed by atoms with Crippen LogP contribution in [0.15, 0.2) is 18.2 Å². The monoisotopic (exact) mass is 237 g/mol. The summed E-state index contributed by atoms with van der Waals surface area (Å²) in [5.74, 6) is 0.602. The molecule has 0 fully saturated rings. The van der Waals surface area contributed by atoms with E-state index in [1.165, 1.54) is 0 Å². The van der Waals surface area contributed by atoms with Crippen molar-refractivity contribution in [1.82, 2.24) is 4.90 Å². The maximum absolute atomic E-state index is 12.0. The number of hydrogen-bond acceptors (Lipinski definition) is 4. The van der Waals surface area contributed by atoms with Gasteiger partial charge in [-0.1, -0.05) is 6.07 Å². The average molecular weight is 237 g/mol. The van der Waals surface area contributed by atoms with Crippen molar-refractivity contribution in [1.29, 1.82) is 0 Å². The van der Waals surface area contributed by atoms with E-state index in [1.54, 1.807) is 25.1 Å². The predicted molar refractivity (Wildman–Crippen MR) is 66.6 cm³/mol. The molecule has 0 spiro atoms. The number of aryl methyl sites for hydroxylation is 1. The fourth-order valence-electron chi connectivity index (χ4n) is 1.61. The highest BCUT2D eigenvalue weighted by atomic mass is 16.5. The third kappa shape index (κ3) is 3.84. The van der Waals surface area contributed by atoms with E-state index in [-0.39, 0.29) is 18.9 Å². The molecule has 0 saturated carbocycles. The Balaban J connectivity index is 2.81. The molecule has 0 amide bonds. The molecule has 4 heteroatoms. The van der Waals surface area contributed by atoms with E-state index >= 15 is 0 Å². The first-order valence-electron chi connectivity index (χ1n) is 5.55. The van der Waals surface area contributed by atoms with Crippen molar-refractivity contribution < 1.29 is 14.6 Å². The smallest absolute Gasteiger partial charge is 0.180 e. The van der Waals surface area contributed by atoms with E-state index in [9.17, 15) is 4.79 Å². The van der Waals surface area contributed by atoms with Crippen LogP contribution in [0.3, 0.4) is 0 Å². The highest BCUT2D eigenvalue weighted by Crippen LogP contribution is 2.20. The second-order valence-electron chi connectivity index (χ2n) is 4.09. The number of benzene rings is 1. The lowest BCUT2D eigenvalue weighted by molar-refractivity contribution is 0.0933. The summed E-state index contributed by atoms with van der Waals surface area (Å²) in [4.78, 5) is 13.8. The summed E-state index contributed by atoms with van der Waals surface area (Å²) in [6.07, 6.45) is 0. The fourth-order valence-corrected chi connectivity index (χ4v) is 1.61. The minimum absolute atomic E-state index is 0.00204. The Morgan fingerprint density at radius 1 is 1.47 bits per heavy atom. The number of aliphatic hydroxyl groups is 1. The molecule has 0 aliphatic heterocycles. The SMILES string of the molecule is COc1cc(C)ccc1C(=O)CN(C)CCO. The molecule has 1 rings (SSSR count). The summed E-state index contributed by atoms with van der Waals surface area (Å²) in [7, 11) is 3.36. The molecule has 1 aromatic rings. The lowest BCUT2D eigenvalue weighted by Crippen LogP contribution is -2.28. The number of hydrogen-bond donors (Lipinski definition) is 1. The van der Waals surface area contributed by atoms with E-state index < -0.39 is 0 Å². The zero-order valence-electron chi connectivity index (χ0n) is 10.6. The van der Waals surface area contributed by atoms with Crippen LogP contribution in [-0.2, 0) is 0 Å². The molecule has 0 aliphatic carbocycles. The number of rotatable bonds is 6. The summed E-state index contributed by atoms with van der Waals surface area (Å²) in [6, 6.07) is 5.52. The van der Waals surface area contributed by atoms with Gasteiger partial charge in [-0.25, -0.2) is 0 Å². The van der Waals surface area contributed by atoms with Gasteiger partial charge in [-0.3, -0.25) is 9.69 Å². The molecule has 0 radical (unpaired) electrons. The number of Topliss-reactive ketones (excluding diaryl/α,β-unsaturated/α-hetero) is 1. The molecule has 4 nitrogen and oxygen atoms in total. The van der Waals surface area contributed by atoms with Crippen molar-refractivity contribution in [3.8, 4) is 5.75 Å². The van der Waals surface area contributed by atoms with Gasteiger partial charge in [-0.05, 0) is 31.7 Å². The van der Waals surface area contributed by atoms with Gasteiger partial charge < -0.3 is 9.84 Å². The van der Waals surface area contributed by atoms with Crippen LogP contribution in [0.2, 0.25) is 0 Å². The van der Waals surface area contributed by atoms with Crippen LogP contribution in [0.4, 0.5) is 0 Å². The number of carbonyl (C=O) groups is 1. The van der Waals surface area contributed by atoms with Crippen LogP contribution in [0.1, 0.15) is 15.9 Å². The molecule has 94 valence electrons. The molecular formula is C13H19NO3. The maximum Gasteiger partial charge on any atom is 0.180 e. The molecule has 0 atom stereocenters. The highest BCUT2D eigenvalue weighted by molar-refractivity contribution is 6.00. The Labute approximate surface area is 102 Å². The van der Waals surface area contributed by atoms with Crippen molar-refractivity contribution >= 4 is 5.78 Å². The zero-order valence-corrected chi connectivity index (χ0v) is 10.6. The van der Waals surface area contributed by atoms with Gasteiger partial charge in [0.1, 0.15) is 5.75 Å². The third-order valence-electron chi connectivity index (χ3n) is 2.55. The average Bonchev–Trinajstić information content (AvgIpc) is 2.28. The van der Waals surface area contributed by atoms with Crippen molar-refractivity contribution in [3.05, 3.63) is 29.3 Å². The number of likely N-dealkylation sites (N-methyl/N-ethyl adjacent to an activating group) is 1. The molecule has 1 aromatic carbocycles. The van der Waals surface area contributed by atoms with Gasteiger partial charge in [-0.2, -0.15) is 0 Å². The third-order valence-corrected chi connectivity index (χ3v) is 2.55. The van der Waals surface area contributed by atoms with E-state index in [1.807, 2.05) is 19.1 Å². The van der Waals surface area contributed by atoms with Crippen LogP contribution in [0, 0.1) is 6.92 Å². The minimum atomic E-state index is -0.00204. The second kappa shape index (κ2) is 6.37. The van der Waals surface area contributed by atoms with Gasteiger partial charge in [0.05, 0.1) is 25.8 Å². The van der Waals surface area contributed by atoms with E-state index in [0.717, 1.165) is 5.56 Å². The summed E-state index contributed by atoms with van der Waals surface area (Å²) >= 11 is 0. The van der Waals surface area contributed by atoms with Crippen LogP contribution in [-0.4, -0.2) is 49.6 Å². The second-order valence-corrected chi connectivity index (χ2v) is 4.09. The topological polar surface area (TPSA) is 49.8 Å². The van der Waals surface area contributed by atoms with Gasteiger partial charge in [0.2, 0.25) is 0 Å². The van der Waals surface area contributed by atoms with E-state index in [0.29, 0.717) is 17.9 Å². The Morgan fingerprint density at radius 3 is 2.76 bits per heavy atom. The van der Waals surface area contributed by atoms with Crippen molar-refractivity contribution in [2.24, 2.45) is 0 Å². The van der Waals surface area contributed by atoms with Crippen LogP contribution < -0.4 is 4.74 Å². The number of nitrogens with zero attached hydrogens (tertiary/aromatic N) is 1. The number of carbonyl (C=O) groups excluding carboxylic acids is 1. The molecule has 0 bridgehead atoms. The van der Waals surface area contributed by atoms with Crippen molar-refractivity contribution in [3.63, 3.8) is 0 Å². The molecule has 0 aromatic heterocycles. The number of ketones is 1. The Bertz CT molecular complexity index is 390. The Morgan fingerprint density at radius 2 is 2.18 bits per heavy atom. The van der Waals surface area contributed by atoms with Gasteiger partial charge in [0.25, 0.3) is 0 Å². The zero-order chi connectivity index (χ0) is 12.8. The lowest BCUT2D eigenvalue weighted by atomic mass is 10.1. The number of ether oxygens (including phenoxy) is 1. The largest absolute Gasteiger partial charge is 0.496 e. The number of methoxy groups -OCH3 is 1. The van der Waals surface area contributed by atoms with Gasteiger partial charge >= 0.3 is 0 Å². The van der Waals surface area contributed by atoms with Gasteiger partial charge in [-0.15, -0.1) is 0 Å². The Kier molecular flexibility index (Phi) is 5.12. The minimum Gasteiger partial charge on any atom is -0.496 e. The quantitative estimate of drug-likeness (QED) is 0.753. The normalized spacial score (nSPS) is 10.6. The number of aliphatic hydroxyl groups excluding tert-OH is 1. The standard InChI is InChI=1S/C13H19NO3/c1-10-4-5-11(13(8-10)17-3)12(16)9-14(2)6-7-15/h4-5,8,15H,6-7,9H2,1-3H3. The summed E-state index contributed by atoms with van der Waals surface area (Å²) in [5.41, 5.74) is 1.64. The van der Waals surface area contributed by atoms with E-state index in [4.69, 9.17) is 9.84 Å². The first-order chi connectivity index (χ1) is 8.08. The summed E-state index contributed by atoms with van der Waals surface area (Å²) < 4.78 is 5.20. The highest BCUT2D eigenvalue weighted by Gasteiger charge is 2.13. The van der Waals surface area contributed by atoms with Crippen LogP contribution in [0.25, 0.3) is 0 Å². The first kappa shape index (κ1) is 13.7. The van der Waals surface area contributed by atoms with Gasteiger partial charge in [0.15, 0.2) is 5.78 Å². The first-order valence-corrected chi connectivity index (χ1v) is 5.55. The van der Waals surface area contributed by atoms with Crippen molar-refractivity contribution in [2.45, 2.75) is 6.92 Å². The van der Waals surface area contributed by atoms with E-state index in [2.05, 4.69) is 0 Å². The molecule has 0 aliphatic rings. The molecule has 0 heterocycles. The van der Waals surface area contributed by atoms with Gasteiger partial charge in [0, 0.05) is 6.54 Å².